The molecule has 0 fully saturated rings. The van der Waals surface area contributed by atoms with Crippen LogP contribution in [0.25, 0.3) is 0 Å². The van der Waals surface area contributed by atoms with Gasteiger partial charge in [-0.2, -0.15) is 0 Å². The van der Waals surface area contributed by atoms with Gasteiger partial charge >= 0.3 is 0 Å². The molecule has 0 aliphatic heterocycles. The largest absolute Gasteiger partial charge is 0.265 e. The van der Waals surface area contributed by atoms with Crippen molar-refractivity contribution in [2.75, 3.05) is 0 Å². The van der Waals surface area contributed by atoms with Gasteiger partial charge in [0.15, 0.2) is 0 Å². The molecule has 1 nitrogen and oxygen atoms in total. The molecule has 2 aromatic rings. The number of aryl methyl sites for hydroxylation is 2. The SMILES string of the molecule is Cc1ccc(CCC(Cl)C(C)c2ccncc2)cc1. The van der Waals surface area contributed by atoms with Gasteiger partial charge in [-0.05, 0) is 48.9 Å². The first-order valence-corrected chi connectivity index (χ1v) is 7.20. The Morgan fingerprint density at radius 2 is 1.68 bits per heavy atom. The highest BCUT2D eigenvalue weighted by Gasteiger charge is 2.16. The Labute approximate surface area is 120 Å². The van der Waals surface area contributed by atoms with Crippen molar-refractivity contribution in [1.29, 1.82) is 0 Å². The number of hydrogen-bond donors (Lipinski definition) is 0. The molecule has 1 heterocycles. The predicted molar refractivity (Wildman–Crippen MR) is 81.8 cm³/mol. The molecule has 2 unspecified atom stereocenters. The monoisotopic (exact) mass is 273 g/mol. The summed E-state index contributed by atoms with van der Waals surface area (Å²) in [6, 6.07) is 12.8. The van der Waals surface area contributed by atoms with Crippen LogP contribution in [-0.4, -0.2) is 10.4 Å². The van der Waals surface area contributed by atoms with Crippen molar-refractivity contribution < 1.29 is 0 Å². The van der Waals surface area contributed by atoms with Crippen LogP contribution in [0.4, 0.5) is 0 Å². The molecule has 0 bridgehead atoms. The lowest BCUT2D eigenvalue weighted by molar-refractivity contribution is 0.642. The zero-order valence-electron chi connectivity index (χ0n) is 11.5. The van der Waals surface area contributed by atoms with E-state index >= 15 is 0 Å². The fraction of sp³-hybridized carbons (Fsp3) is 0.353. The van der Waals surface area contributed by atoms with E-state index in [9.17, 15) is 0 Å². The van der Waals surface area contributed by atoms with Gasteiger partial charge in [0, 0.05) is 17.8 Å². The van der Waals surface area contributed by atoms with Crippen LogP contribution in [0.1, 0.15) is 36.0 Å². The van der Waals surface area contributed by atoms with Crippen LogP contribution in [0.2, 0.25) is 0 Å². The molecule has 0 radical (unpaired) electrons. The van der Waals surface area contributed by atoms with Gasteiger partial charge in [0.05, 0.1) is 0 Å². The van der Waals surface area contributed by atoms with Crippen molar-refractivity contribution in [3.63, 3.8) is 0 Å². The lowest BCUT2D eigenvalue weighted by Gasteiger charge is -2.18. The van der Waals surface area contributed by atoms with Gasteiger partial charge in [0.2, 0.25) is 0 Å². The molecule has 19 heavy (non-hydrogen) atoms. The quantitative estimate of drug-likeness (QED) is 0.718. The number of halogens is 1. The van der Waals surface area contributed by atoms with E-state index in [1.807, 2.05) is 24.5 Å². The summed E-state index contributed by atoms with van der Waals surface area (Å²) < 4.78 is 0. The Morgan fingerprint density at radius 1 is 1.05 bits per heavy atom. The average Bonchev–Trinajstić information content (AvgIpc) is 2.46. The van der Waals surface area contributed by atoms with Crippen molar-refractivity contribution in [3.8, 4) is 0 Å². The van der Waals surface area contributed by atoms with E-state index in [4.69, 9.17) is 11.6 Å². The topological polar surface area (TPSA) is 12.9 Å². The van der Waals surface area contributed by atoms with Crippen LogP contribution < -0.4 is 0 Å². The standard InChI is InChI=1S/C17H20ClN/c1-13-3-5-15(6-4-13)7-8-17(18)14(2)16-9-11-19-12-10-16/h3-6,9-12,14,17H,7-8H2,1-2H3. The molecule has 2 atom stereocenters. The maximum atomic E-state index is 6.53. The van der Waals surface area contributed by atoms with Gasteiger partial charge in [0.1, 0.15) is 0 Å². The molecule has 0 N–H and O–H groups in total. The Balaban J connectivity index is 1.90. The Bertz CT molecular complexity index is 492. The first-order valence-electron chi connectivity index (χ1n) is 6.76. The van der Waals surface area contributed by atoms with Gasteiger partial charge in [-0.25, -0.2) is 0 Å². The molecule has 0 amide bonds. The number of aromatic nitrogens is 1. The number of benzene rings is 1. The van der Waals surface area contributed by atoms with Crippen molar-refractivity contribution in [3.05, 3.63) is 65.5 Å². The fourth-order valence-corrected chi connectivity index (χ4v) is 2.44. The molecule has 100 valence electrons. The second-order valence-electron chi connectivity index (χ2n) is 5.11. The van der Waals surface area contributed by atoms with Crippen molar-refractivity contribution in [1.82, 2.24) is 4.98 Å². The lowest BCUT2D eigenvalue weighted by atomic mass is 9.94. The van der Waals surface area contributed by atoms with Gasteiger partial charge in [0.25, 0.3) is 0 Å². The normalized spacial score (nSPS) is 14.1. The minimum Gasteiger partial charge on any atom is -0.265 e. The summed E-state index contributed by atoms with van der Waals surface area (Å²) in [7, 11) is 0. The summed E-state index contributed by atoms with van der Waals surface area (Å²) in [4.78, 5) is 4.05. The maximum Gasteiger partial charge on any atom is 0.0405 e. The van der Waals surface area contributed by atoms with Crippen molar-refractivity contribution in [2.45, 2.75) is 38.0 Å². The predicted octanol–water partition coefficient (Wildman–Crippen LogP) is 4.73. The van der Waals surface area contributed by atoms with Crippen LogP contribution in [0.3, 0.4) is 0 Å². The van der Waals surface area contributed by atoms with Crippen molar-refractivity contribution >= 4 is 11.6 Å². The van der Waals surface area contributed by atoms with Gasteiger partial charge in [-0.1, -0.05) is 36.8 Å². The molecule has 0 saturated heterocycles. The first-order chi connectivity index (χ1) is 9.16. The van der Waals surface area contributed by atoms with Crippen LogP contribution >= 0.6 is 11.6 Å². The average molecular weight is 274 g/mol. The highest BCUT2D eigenvalue weighted by molar-refractivity contribution is 6.21. The second-order valence-corrected chi connectivity index (χ2v) is 5.67. The molecule has 1 aromatic heterocycles. The number of hydrogen-bond acceptors (Lipinski definition) is 1. The molecule has 0 saturated carbocycles. The van der Waals surface area contributed by atoms with E-state index in [-0.39, 0.29) is 5.38 Å². The molecule has 0 aliphatic rings. The highest BCUT2D eigenvalue weighted by atomic mass is 35.5. The summed E-state index contributed by atoms with van der Waals surface area (Å²) in [5.74, 6) is 0.357. The van der Waals surface area contributed by atoms with E-state index in [0.29, 0.717) is 5.92 Å². The van der Waals surface area contributed by atoms with E-state index in [1.165, 1.54) is 16.7 Å². The van der Waals surface area contributed by atoms with Gasteiger partial charge < -0.3 is 0 Å². The minimum atomic E-state index is 0.156. The zero-order valence-corrected chi connectivity index (χ0v) is 12.3. The third-order valence-corrected chi connectivity index (χ3v) is 4.20. The third-order valence-electron chi connectivity index (χ3n) is 3.60. The fourth-order valence-electron chi connectivity index (χ4n) is 2.19. The van der Waals surface area contributed by atoms with E-state index in [0.717, 1.165) is 12.8 Å². The molecule has 0 aliphatic carbocycles. The molecule has 0 spiro atoms. The Kier molecular flexibility index (Phi) is 4.98. The minimum absolute atomic E-state index is 0.156. The number of nitrogens with zero attached hydrogens (tertiary/aromatic N) is 1. The van der Waals surface area contributed by atoms with Crippen LogP contribution in [-0.2, 0) is 6.42 Å². The van der Waals surface area contributed by atoms with E-state index in [1.54, 1.807) is 0 Å². The van der Waals surface area contributed by atoms with E-state index in [2.05, 4.69) is 43.1 Å². The van der Waals surface area contributed by atoms with Crippen LogP contribution in [0.15, 0.2) is 48.8 Å². The smallest absolute Gasteiger partial charge is 0.0405 e. The molecular weight excluding hydrogens is 254 g/mol. The second kappa shape index (κ2) is 6.72. The zero-order chi connectivity index (χ0) is 13.7. The summed E-state index contributed by atoms with van der Waals surface area (Å²) >= 11 is 6.53. The number of rotatable bonds is 5. The summed E-state index contributed by atoms with van der Waals surface area (Å²) in [5.41, 5.74) is 3.92. The first kappa shape index (κ1) is 14.1. The Morgan fingerprint density at radius 3 is 2.32 bits per heavy atom. The van der Waals surface area contributed by atoms with Crippen LogP contribution in [0, 0.1) is 6.92 Å². The number of alkyl halides is 1. The third kappa shape index (κ3) is 4.07. The lowest BCUT2D eigenvalue weighted by Crippen LogP contribution is -2.11. The van der Waals surface area contributed by atoms with Gasteiger partial charge in [-0.3, -0.25) is 4.98 Å². The highest BCUT2D eigenvalue weighted by Crippen LogP contribution is 2.26. The summed E-state index contributed by atoms with van der Waals surface area (Å²) in [5, 5.41) is 0.156. The van der Waals surface area contributed by atoms with Gasteiger partial charge in [-0.15, -0.1) is 11.6 Å². The number of pyridine rings is 1. The van der Waals surface area contributed by atoms with Crippen LogP contribution in [0.5, 0.6) is 0 Å². The van der Waals surface area contributed by atoms with E-state index < -0.39 is 0 Å². The molecule has 2 heteroatoms. The molecular formula is C17H20ClN. The maximum absolute atomic E-state index is 6.53. The molecule has 2 rings (SSSR count). The van der Waals surface area contributed by atoms with Crippen molar-refractivity contribution in [2.24, 2.45) is 0 Å². The summed E-state index contributed by atoms with van der Waals surface area (Å²) in [6.07, 6.45) is 5.68. The summed E-state index contributed by atoms with van der Waals surface area (Å²) in [6.45, 7) is 4.29. The Hall–Kier alpha value is -1.34. The molecule has 1 aromatic carbocycles.